The van der Waals surface area contributed by atoms with Crippen LogP contribution in [-0.2, 0) is 12.8 Å². The molecule has 20 heavy (non-hydrogen) atoms. The summed E-state index contributed by atoms with van der Waals surface area (Å²) in [7, 11) is 0. The van der Waals surface area contributed by atoms with Crippen molar-refractivity contribution in [1.29, 1.82) is 5.26 Å². The summed E-state index contributed by atoms with van der Waals surface area (Å²) in [6, 6.07) is 5.80. The summed E-state index contributed by atoms with van der Waals surface area (Å²) in [5.41, 5.74) is 2.21. The first-order valence-electron chi connectivity index (χ1n) is 6.23. The molecular weight excluding hydrogens is 278 g/mol. The fraction of sp³-hybridized carbons (Fsp3) is 0.200. The minimum Gasteiger partial charge on any atom is -0.244 e. The fourth-order valence-electron chi connectivity index (χ4n) is 2.32. The highest BCUT2D eigenvalue weighted by atomic mass is 32.1. The predicted molar refractivity (Wildman–Crippen MR) is 74.7 cm³/mol. The van der Waals surface area contributed by atoms with Crippen LogP contribution in [-0.4, -0.2) is 6.21 Å². The normalized spacial score (nSPS) is 13.7. The largest absolute Gasteiger partial charge is 0.244 e. The van der Waals surface area contributed by atoms with Gasteiger partial charge in [-0.05, 0) is 42.5 Å². The minimum absolute atomic E-state index is 0.473. The third-order valence-electron chi connectivity index (χ3n) is 3.29. The number of hydrogen-bond acceptors (Lipinski definition) is 3. The molecule has 1 aromatic heterocycles. The molecule has 0 amide bonds. The maximum atomic E-state index is 13.1. The second kappa shape index (κ2) is 5.14. The van der Waals surface area contributed by atoms with Gasteiger partial charge >= 0.3 is 0 Å². The molecule has 1 aliphatic carbocycles. The molecule has 0 spiro atoms. The zero-order chi connectivity index (χ0) is 14.1. The van der Waals surface area contributed by atoms with Crippen LogP contribution in [0.15, 0.2) is 23.2 Å². The molecule has 1 aliphatic rings. The maximum Gasteiger partial charge on any atom is 0.159 e. The average Bonchev–Trinajstić information content (AvgIpc) is 3.00. The molecule has 0 atom stereocenters. The number of hydrogen-bond donors (Lipinski definition) is 0. The van der Waals surface area contributed by atoms with Gasteiger partial charge in [-0.15, -0.1) is 11.3 Å². The van der Waals surface area contributed by atoms with E-state index in [1.54, 1.807) is 0 Å². The number of fused-ring (bicyclic) bond motifs is 1. The number of benzene rings is 1. The maximum absolute atomic E-state index is 13.1. The van der Waals surface area contributed by atoms with E-state index in [0.717, 1.165) is 37.0 Å². The van der Waals surface area contributed by atoms with Crippen LogP contribution < -0.4 is 0 Å². The van der Waals surface area contributed by atoms with Gasteiger partial charge in [0.05, 0.1) is 5.56 Å². The lowest BCUT2D eigenvalue weighted by Gasteiger charge is -1.95. The Labute approximate surface area is 119 Å². The molecule has 0 aliphatic heterocycles. The average molecular weight is 288 g/mol. The number of aliphatic imine (C=N–C) groups is 1. The number of halogens is 2. The van der Waals surface area contributed by atoms with Crippen LogP contribution >= 0.6 is 11.3 Å². The first-order chi connectivity index (χ1) is 9.69. The third kappa shape index (κ3) is 2.23. The lowest BCUT2D eigenvalue weighted by atomic mass is 10.1. The Morgan fingerprint density at radius 2 is 2.10 bits per heavy atom. The Morgan fingerprint density at radius 3 is 2.85 bits per heavy atom. The van der Waals surface area contributed by atoms with Crippen molar-refractivity contribution < 1.29 is 8.78 Å². The number of nitriles is 1. The van der Waals surface area contributed by atoms with Crippen molar-refractivity contribution in [3.63, 3.8) is 0 Å². The monoisotopic (exact) mass is 288 g/mol. The summed E-state index contributed by atoms with van der Waals surface area (Å²) < 4.78 is 25.9. The standard InChI is InChI=1S/C15H10F2N2S/c16-12-5-4-9(6-13(12)17)8-19-15-11(7-18)10-2-1-3-14(10)20-15/h4-6,8H,1-3H2. The van der Waals surface area contributed by atoms with Gasteiger partial charge in [0.25, 0.3) is 0 Å². The van der Waals surface area contributed by atoms with Crippen LogP contribution in [0, 0.1) is 23.0 Å². The molecule has 100 valence electrons. The van der Waals surface area contributed by atoms with Gasteiger partial charge in [-0.3, -0.25) is 0 Å². The van der Waals surface area contributed by atoms with Gasteiger partial charge in [0.1, 0.15) is 11.1 Å². The van der Waals surface area contributed by atoms with Crippen molar-refractivity contribution in [3.8, 4) is 6.07 Å². The lowest BCUT2D eigenvalue weighted by molar-refractivity contribution is 0.508. The molecular formula is C15H10F2N2S. The van der Waals surface area contributed by atoms with Gasteiger partial charge in [-0.25, -0.2) is 13.8 Å². The van der Waals surface area contributed by atoms with Gasteiger partial charge in [-0.2, -0.15) is 5.26 Å². The molecule has 2 nitrogen and oxygen atoms in total. The topological polar surface area (TPSA) is 36.1 Å². The molecule has 1 aromatic carbocycles. The highest BCUT2D eigenvalue weighted by Gasteiger charge is 2.21. The molecule has 0 fully saturated rings. The second-order valence-corrected chi connectivity index (χ2v) is 5.66. The summed E-state index contributed by atoms with van der Waals surface area (Å²) in [6.07, 6.45) is 4.47. The Kier molecular flexibility index (Phi) is 3.33. The van der Waals surface area contributed by atoms with E-state index in [1.165, 1.54) is 28.5 Å². The second-order valence-electron chi connectivity index (χ2n) is 4.58. The number of thiophene rings is 1. The summed E-state index contributed by atoms with van der Waals surface area (Å²) >= 11 is 1.51. The fourth-order valence-corrected chi connectivity index (χ4v) is 3.51. The highest BCUT2D eigenvalue weighted by Crippen LogP contribution is 2.40. The molecule has 0 saturated carbocycles. The molecule has 2 aromatic rings. The molecule has 0 radical (unpaired) electrons. The Bertz CT molecular complexity index is 741. The van der Waals surface area contributed by atoms with E-state index in [9.17, 15) is 14.0 Å². The van der Waals surface area contributed by atoms with Gasteiger partial charge in [0.15, 0.2) is 11.6 Å². The zero-order valence-electron chi connectivity index (χ0n) is 10.5. The molecule has 0 unspecified atom stereocenters. The van der Waals surface area contributed by atoms with Crippen molar-refractivity contribution in [2.45, 2.75) is 19.3 Å². The van der Waals surface area contributed by atoms with Gasteiger partial charge in [0, 0.05) is 11.1 Å². The molecule has 5 heteroatoms. The van der Waals surface area contributed by atoms with Gasteiger partial charge in [-0.1, -0.05) is 6.07 Å². The van der Waals surface area contributed by atoms with E-state index in [0.29, 0.717) is 16.1 Å². The Morgan fingerprint density at radius 1 is 1.25 bits per heavy atom. The summed E-state index contributed by atoms with van der Waals surface area (Å²) in [5.74, 6) is -1.78. The first kappa shape index (κ1) is 12.9. The van der Waals surface area contributed by atoms with Crippen molar-refractivity contribution in [2.75, 3.05) is 0 Å². The van der Waals surface area contributed by atoms with Crippen LogP contribution in [0.3, 0.4) is 0 Å². The highest BCUT2D eigenvalue weighted by molar-refractivity contribution is 7.16. The summed E-state index contributed by atoms with van der Waals surface area (Å²) in [6.45, 7) is 0. The van der Waals surface area contributed by atoms with Crippen LogP contribution in [0.4, 0.5) is 13.8 Å². The van der Waals surface area contributed by atoms with Crippen LogP contribution in [0.1, 0.15) is 28.0 Å². The van der Waals surface area contributed by atoms with E-state index in [4.69, 9.17) is 0 Å². The first-order valence-corrected chi connectivity index (χ1v) is 7.04. The summed E-state index contributed by atoms with van der Waals surface area (Å²) in [4.78, 5) is 5.48. The lowest BCUT2D eigenvalue weighted by Crippen LogP contribution is -1.87. The van der Waals surface area contributed by atoms with E-state index in [-0.39, 0.29) is 0 Å². The molecule has 1 heterocycles. The summed E-state index contributed by atoms with van der Waals surface area (Å²) in [5, 5.41) is 9.88. The van der Waals surface area contributed by atoms with E-state index >= 15 is 0 Å². The van der Waals surface area contributed by atoms with E-state index < -0.39 is 11.6 Å². The van der Waals surface area contributed by atoms with E-state index in [1.807, 2.05) is 0 Å². The zero-order valence-corrected chi connectivity index (χ0v) is 11.3. The van der Waals surface area contributed by atoms with Crippen molar-refractivity contribution in [2.24, 2.45) is 4.99 Å². The van der Waals surface area contributed by atoms with Crippen molar-refractivity contribution in [3.05, 3.63) is 51.4 Å². The van der Waals surface area contributed by atoms with Crippen LogP contribution in [0.5, 0.6) is 0 Å². The third-order valence-corrected chi connectivity index (χ3v) is 4.49. The van der Waals surface area contributed by atoms with Crippen LogP contribution in [0.2, 0.25) is 0 Å². The molecule has 0 N–H and O–H groups in total. The Balaban J connectivity index is 1.93. The van der Waals surface area contributed by atoms with Gasteiger partial charge < -0.3 is 0 Å². The molecule has 0 saturated heterocycles. The number of nitrogens with zero attached hydrogens (tertiary/aromatic N) is 2. The van der Waals surface area contributed by atoms with Crippen molar-refractivity contribution >= 4 is 22.6 Å². The van der Waals surface area contributed by atoms with Gasteiger partial charge in [0.2, 0.25) is 0 Å². The van der Waals surface area contributed by atoms with E-state index in [2.05, 4.69) is 11.1 Å². The van der Waals surface area contributed by atoms with Crippen molar-refractivity contribution in [1.82, 2.24) is 0 Å². The predicted octanol–water partition coefficient (Wildman–Crippen LogP) is 4.14. The quantitative estimate of drug-likeness (QED) is 0.765. The molecule has 3 rings (SSSR count). The van der Waals surface area contributed by atoms with Crippen LogP contribution in [0.25, 0.3) is 0 Å². The SMILES string of the molecule is N#Cc1c(N=Cc2ccc(F)c(F)c2)sc2c1CCC2. The molecule has 0 bridgehead atoms. The number of aryl methyl sites for hydroxylation is 1. The smallest absolute Gasteiger partial charge is 0.159 e. The minimum atomic E-state index is -0.900. The number of rotatable bonds is 2. The Hall–Kier alpha value is -2.06.